The molecule has 0 spiro atoms. The van der Waals surface area contributed by atoms with Crippen LogP contribution in [0.3, 0.4) is 0 Å². The highest BCUT2D eigenvalue weighted by Crippen LogP contribution is 2.45. The molecule has 1 N–H and O–H groups in total. The van der Waals surface area contributed by atoms with Crippen molar-refractivity contribution in [3.8, 4) is 0 Å². The lowest BCUT2D eigenvalue weighted by Crippen LogP contribution is -2.46. The maximum Gasteiger partial charge on any atom is 0.416 e. The van der Waals surface area contributed by atoms with Gasteiger partial charge in [-0.15, -0.1) is 5.10 Å². The normalized spacial score (nSPS) is 20.1. The summed E-state index contributed by atoms with van der Waals surface area (Å²) in [7, 11) is 0. The Morgan fingerprint density at radius 3 is 2.23 bits per heavy atom. The molecule has 2 aromatic carbocycles. The minimum absolute atomic E-state index is 0.113. The van der Waals surface area contributed by atoms with E-state index in [9.17, 15) is 26.3 Å². The number of H-pyrrole nitrogens is 1. The molecule has 1 aromatic heterocycles. The Balaban J connectivity index is 1.58. The van der Waals surface area contributed by atoms with Crippen LogP contribution in [0.5, 0.6) is 0 Å². The summed E-state index contributed by atoms with van der Waals surface area (Å²) in [6, 6.07) is 7.59. The minimum atomic E-state index is -4.93. The number of anilines is 2. The van der Waals surface area contributed by atoms with Crippen molar-refractivity contribution in [1.29, 1.82) is 0 Å². The molecule has 0 amide bonds. The zero-order valence-electron chi connectivity index (χ0n) is 22.4. The van der Waals surface area contributed by atoms with Crippen molar-refractivity contribution in [3.63, 3.8) is 0 Å². The van der Waals surface area contributed by atoms with Crippen molar-refractivity contribution in [2.24, 2.45) is 5.92 Å². The molecule has 0 unspecified atom stereocenters. The highest BCUT2D eigenvalue weighted by Gasteiger charge is 2.40. The fourth-order valence-electron chi connectivity index (χ4n) is 6.22. The highest BCUT2D eigenvalue weighted by atomic mass is 19.4. The number of rotatable bonds is 7. The molecule has 5 rings (SSSR count). The Kier molecular flexibility index (Phi) is 7.71. The van der Waals surface area contributed by atoms with Gasteiger partial charge in [-0.3, -0.25) is 0 Å². The first-order chi connectivity index (χ1) is 18.9. The molecular formula is C28H32F6N6. The van der Waals surface area contributed by atoms with Crippen LogP contribution in [0.1, 0.15) is 79.3 Å². The van der Waals surface area contributed by atoms with E-state index in [0.29, 0.717) is 12.3 Å². The fourth-order valence-corrected chi connectivity index (χ4v) is 6.22. The standard InChI is InChI=1S/C28H32F6N6/c1-3-22-14-25(23-10-17(2)8-9-24(23)39(22)15-18-6-4-5-7-18)40(26-35-37-38-36-26)16-19-11-20(27(29,30)31)13-21(12-19)28(32,33)34/h8-13,18,22,25H,3-7,14-16H2,1-2H3,(H,35,36,37,38)/t22-,25+/m1/s1. The number of tetrazole rings is 1. The summed E-state index contributed by atoms with van der Waals surface area (Å²) < 4.78 is 81.7. The Morgan fingerprint density at radius 1 is 0.975 bits per heavy atom. The van der Waals surface area contributed by atoms with Crippen molar-refractivity contribution < 1.29 is 26.3 Å². The van der Waals surface area contributed by atoms with E-state index in [1.54, 1.807) is 4.90 Å². The van der Waals surface area contributed by atoms with Gasteiger partial charge in [0, 0.05) is 24.8 Å². The average Bonchev–Trinajstić information content (AvgIpc) is 3.61. The SMILES string of the molecule is CC[C@@H]1C[C@H](N(Cc2cc(C(F)(F)F)cc(C(F)(F)F)c2)c2nn[nH]n2)c2cc(C)ccc2N1CC1CCCC1. The number of aromatic amines is 1. The molecule has 2 aliphatic rings. The van der Waals surface area contributed by atoms with Crippen molar-refractivity contribution in [1.82, 2.24) is 20.6 Å². The van der Waals surface area contributed by atoms with Gasteiger partial charge in [0.2, 0.25) is 0 Å². The number of hydrogen-bond acceptors (Lipinski definition) is 5. The quantitative estimate of drug-likeness (QED) is 0.301. The molecule has 40 heavy (non-hydrogen) atoms. The smallest absolute Gasteiger partial charge is 0.368 e. The molecule has 6 nitrogen and oxygen atoms in total. The first kappa shape index (κ1) is 28.2. The maximum atomic E-state index is 13.6. The lowest BCUT2D eigenvalue weighted by molar-refractivity contribution is -0.143. The molecule has 2 atom stereocenters. The van der Waals surface area contributed by atoms with E-state index in [1.807, 2.05) is 19.1 Å². The number of nitrogens with one attached hydrogen (secondary N) is 1. The molecule has 0 radical (unpaired) electrons. The second-order valence-corrected chi connectivity index (χ2v) is 10.9. The topological polar surface area (TPSA) is 60.9 Å². The lowest BCUT2D eigenvalue weighted by Gasteiger charge is -2.46. The van der Waals surface area contributed by atoms with Crippen LogP contribution in [0.15, 0.2) is 36.4 Å². The number of benzene rings is 2. The zero-order valence-corrected chi connectivity index (χ0v) is 22.4. The average molecular weight is 567 g/mol. The summed E-state index contributed by atoms with van der Waals surface area (Å²) in [5, 5.41) is 14.2. The van der Waals surface area contributed by atoms with Gasteiger partial charge in [0.15, 0.2) is 0 Å². The summed E-state index contributed by atoms with van der Waals surface area (Å²) in [5.41, 5.74) is 0.164. The second kappa shape index (κ2) is 10.9. The van der Waals surface area contributed by atoms with E-state index < -0.39 is 23.5 Å². The zero-order chi connectivity index (χ0) is 28.7. The predicted molar refractivity (Wildman–Crippen MR) is 139 cm³/mol. The monoisotopic (exact) mass is 566 g/mol. The summed E-state index contributed by atoms with van der Waals surface area (Å²) in [6.07, 6.45) is -3.61. The Labute approximate surface area is 228 Å². The van der Waals surface area contributed by atoms with Gasteiger partial charge >= 0.3 is 12.4 Å². The predicted octanol–water partition coefficient (Wildman–Crippen LogP) is 7.47. The molecule has 0 bridgehead atoms. The summed E-state index contributed by atoms with van der Waals surface area (Å²) >= 11 is 0. The van der Waals surface area contributed by atoms with E-state index in [2.05, 4.69) is 38.5 Å². The van der Waals surface area contributed by atoms with Gasteiger partial charge in [0.25, 0.3) is 5.95 Å². The number of nitrogens with zero attached hydrogens (tertiary/aromatic N) is 5. The number of halogens is 6. The third-order valence-corrected chi connectivity index (χ3v) is 8.16. The number of aryl methyl sites for hydroxylation is 1. The van der Waals surface area contributed by atoms with Crippen LogP contribution in [0, 0.1) is 12.8 Å². The minimum Gasteiger partial charge on any atom is -0.368 e. The van der Waals surface area contributed by atoms with Crippen LogP contribution < -0.4 is 9.80 Å². The second-order valence-electron chi connectivity index (χ2n) is 10.9. The van der Waals surface area contributed by atoms with E-state index in [4.69, 9.17) is 0 Å². The molecule has 1 fully saturated rings. The van der Waals surface area contributed by atoms with Gasteiger partial charge in [0.05, 0.1) is 17.2 Å². The van der Waals surface area contributed by atoms with Gasteiger partial charge in [-0.05, 0) is 79.1 Å². The van der Waals surface area contributed by atoms with Crippen molar-refractivity contribution in [2.45, 2.75) is 83.4 Å². The molecule has 1 aliphatic heterocycles. The van der Waals surface area contributed by atoms with Gasteiger partial charge in [0.1, 0.15) is 0 Å². The molecule has 1 saturated carbocycles. The third-order valence-electron chi connectivity index (χ3n) is 8.16. The van der Waals surface area contributed by atoms with Gasteiger partial charge in [-0.1, -0.05) is 42.6 Å². The third kappa shape index (κ3) is 5.90. The Morgan fingerprint density at radius 2 is 1.65 bits per heavy atom. The van der Waals surface area contributed by atoms with Crippen molar-refractivity contribution >= 4 is 11.6 Å². The molecule has 2 heterocycles. The van der Waals surface area contributed by atoms with Crippen LogP contribution in [0.2, 0.25) is 0 Å². The van der Waals surface area contributed by atoms with Gasteiger partial charge < -0.3 is 9.80 Å². The number of hydrogen-bond donors (Lipinski definition) is 1. The first-order valence-electron chi connectivity index (χ1n) is 13.6. The lowest BCUT2D eigenvalue weighted by atomic mass is 9.86. The summed E-state index contributed by atoms with van der Waals surface area (Å²) in [4.78, 5) is 4.12. The largest absolute Gasteiger partial charge is 0.416 e. The van der Waals surface area contributed by atoms with Crippen LogP contribution in [-0.4, -0.2) is 33.2 Å². The molecular weight excluding hydrogens is 534 g/mol. The molecule has 216 valence electrons. The van der Waals surface area contributed by atoms with E-state index in [1.165, 1.54) is 25.7 Å². The number of alkyl halides is 6. The van der Waals surface area contributed by atoms with Crippen LogP contribution in [0.25, 0.3) is 0 Å². The molecule has 0 saturated heterocycles. The highest BCUT2D eigenvalue weighted by molar-refractivity contribution is 5.61. The first-order valence-corrected chi connectivity index (χ1v) is 13.6. The van der Waals surface area contributed by atoms with E-state index >= 15 is 0 Å². The number of fused-ring (bicyclic) bond motifs is 1. The Bertz CT molecular complexity index is 1270. The van der Waals surface area contributed by atoms with E-state index in [-0.39, 0.29) is 36.2 Å². The van der Waals surface area contributed by atoms with Crippen LogP contribution >= 0.6 is 0 Å². The fraction of sp³-hybridized carbons (Fsp3) is 0.536. The van der Waals surface area contributed by atoms with Crippen molar-refractivity contribution in [2.75, 3.05) is 16.3 Å². The van der Waals surface area contributed by atoms with Crippen molar-refractivity contribution in [3.05, 3.63) is 64.2 Å². The molecule has 12 heteroatoms. The maximum absolute atomic E-state index is 13.6. The van der Waals surface area contributed by atoms with E-state index in [0.717, 1.165) is 41.9 Å². The summed E-state index contributed by atoms with van der Waals surface area (Å²) in [5.74, 6) is 0.710. The van der Waals surface area contributed by atoms with Crippen LogP contribution in [-0.2, 0) is 18.9 Å². The van der Waals surface area contributed by atoms with Gasteiger partial charge in [-0.25, -0.2) is 0 Å². The molecule has 3 aromatic rings. The summed E-state index contributed by atoms with van der Waals surface area (Å²) in [6.45, 7) is 4.73. The molecule has 1 aliphatic carbocycles. The van der Waals surface area contributed by atoms with Gasteiger partial charge in [-0.2, -0.15) is 31.6 Å². The van der Waals surface area contributed by atoms with Crippen LogP contribution in [0.4, 0.5) is 38.0 Å². The Hall–Kier alpha value is -3.31. The number of aromatic nitrogens is 4.